The Bertz CT molecular complexity index is 906. The first-order valence-corrected chi connectivity index (χ1v) is 7.86. The summed E-state index contributed by atoms with van der Waals surface area (Å²) >= 11 is 0. The zero-order chi connectivity index (χ0) is 16.9. The molecule has 6 nitrogen and oxygen atoms in total. The molecule has 0 unspecified atom stereocenters. The SMILES string of the molecule is CCN(CCc1ccncc1)C(=O)c1nc(=O)[nH]c2ccccc12. The van der Waals surface area contributed by atoms with Crippen molar-refractivity contribution in [3.05, 3.63) is 70.5 Å². The maximum atomic E-state index is 12.9. The van der Waals surface area contributed by atoms with Gasteiger partial charge in [0.2, 0.25) is 0 Å². The molecule has 0 aliphatic rings. The molecule has 0 bridgehead atoms. The fourth-order valence-electron chi connectivity index (χ4n) is 2.63. The van der Waals surface area contributed by atoms with Crippen LogP contribution < -0.4 is 5.69 Å². The molecular formula is C18H18N4O2. The molecule has 0 atom stereocenters. The second-order valence-electron chi connectivity index (χ2n) is 5.43. The second kappa shape index (κ2) is 7.04. The van der Waals surface area contributed by atoms with Crippen molar-refractivity contribution in [1.82, 2.24) is 19.9 Å². The Labute approximate surface area is 139 Å². The number of carbonyl (C=O) groups is 1. The summed E-state index contributed by atoms with van der Waals surface area (Å²) in [6.45, 7) is 3.02. The highest BCUT2D eigenvalue weighted by molar-refractivity contribution is 6.04. The molecule has 3 aromatic rings. The standard InChI is InChI=1S/C18H18N4O2/c1-2-22(12-9-13-7-10-19-11-8-13)17(23)16-14-5-3-4-6-15(14)20-18(24)21-16/h3-8,10-11H,2,9,12H2,1H3,(H,20,21,24). The highest BCUT2D eigenvalue weighted by Gasteiger charge is 2.19. The summed E-state index contributed by atoms with van der Waals surface area (Å²) in [6.07, 6.45) is 4.20. The van der Waals surface area contributed by atoms with Crippen LogP contribution in [0.2, 0.25) is 0 Å². The molecule has 3 rings (SSSR count). The number of nitrogens with zero attached hydrogens (tertiary/aromatic N) is 3. The number of carbonyl (C=O) groups excluding carboxylic acids is 1. The largest absolute Gasteiger partial charge is 0.346 e. The second-order valence-corrected chi connectivity index (χ2v) is 5.43. The summed E-state index contributed by atoms with van der Waals surface area (Å²) in [5.74, 6) is -0.228. The van der Waals surface area contributed by atoms with Crippen molar-refractivity contribution >= 4 is 16.8 Å². The van der Waals surface area contributed by atoms with Gasteiger partial charge in [0.15, 0.2) is 0 Å². The number of para-hydroxylation sites is 1. The molecule has 0 saturated heterocycles. The van der Waals surface area contributed by atoms with Crippen LogP contribution in [0.5, 0.6) is 0 Å². The summed E-state index contributed by atoms with van der Waals surface area (Å²) in [7, 11) is 0. The lowest BCUT2D eigenvalue weighted by Gasteiger charge is -2.21. The van der Waals surface area contributed by atoms with Crippen LogP contribution in [-0.4, -0.2) is 38.8 Å². The van der Waals surface area contributed by atoms with Crippen molar-refractivity contribution < 1.29 is 4.79 Å². The number of H-pyrrole nitrogens is 1. The smallest absolute Gasteiger partial charge is 0.337 e. The fourth-order valence-corrected chi connectivity index (χ4v) is 2.63. The summed E-state index contributed by atoms with van der Waals surface area (Å²) in [5.41, 5.74) is 1.42. The number of aromatic nitrogens is 3. The Hall–Kier alpha value is -3.02. The van der Waals surface area contributed by atoms with E-state index in [2.05, 4.69) is 15.0 Å². The average Bonchev–Trinajstić information content (AvgIpc) is 2.62. The Balaban J connectivity index is 1.88. The number of hydrogen-bond donors (Lipinski definition) is 1. The third-order valence-electron chi connectivity index (χ3n) is 3.93. The normalized spacial score (nSPS) is 10.7. The van der Waals surface area contributed by atoms with E-state index in [0.717, 1.165) is 12.0 Å². The molecule has 0 radical (unpaired) electrons. The lowest BCUT2D eigenvalue weighted by molar-refractivity contribution is 0.0762. The molecule has 0 aliphatic heterocycles. The summed E-state index contributed by atoms with van der Waals surface area (Å²) in [5, 5.41) is 0.657. The van der Waals surface area contributed by atoms with Crippen LogP contribution in [0.4, 0.5) is 0 Å². The molecular weight excluding hydrogens is 304 g/mol. The van der Waals surface area contributed by atoms with Crippen LogP contribution in [0.3, 0.4) is 0 Å². The van der Waals surface area contributed by atoms with Gasteiger partial charge in [-0.1, -0.05) is 18.2 Å². The number of benzene rings is 1. The Morgan fingerprint density at radius 3 is 2.67 bits per heavy atom. The number of fused-ring (bicyclic) bond motifs is 1. The van der Waals surface area contributed by atoms with Crippen molar-refractivity contribution in [2.24, 2.45) is 0 Å². The molecule has 2 heterocycles. The number of rotatable bonds is 5. The van der Waals surface area contributed by atoms with Crippen LogP contribution >= 0.6 is 0 Å². The Kier molecular flexibility index (Phi) is 4.65. The highest BCUT2D eigenvalue weighted by atomic mass is 16.2. The van der Waals surface area contributed by atoms with Gasteiger partial charge in [0.1, 0.15) is 5.69 Å². The van der Waals surface area contributed by atoms with Crippen molar-refractivity contribution in [1.29, 1.82) is 0 Å². The number of aromatic amines is 1. The minimum Gasteiger partial charge on any atom is -0.337 e. The molecule has 0 fully saturated rings. The monoisotopic (exact) mass is 322 g/mol. The van der Waals surface area contributed by atoms with Crippen LogP contribution in [0.1, 0.15) is 23.0 Å². The highest BCUT2D eigenvalue weighted by Crippen LogP contribution is 2.15. The van der Waals surface area contributed by atoms with Gasteiger partial charge in [0.25, 0.3) is 5.91 Å². The van der Waals surface area contributed by atoms with Gasteiger partial charge in [0.05, 0.1) is 5.52 Å². The molecule has 24 heavy (non-hydrogen) atoms. The van der Waals surface area contributed by atoms with E-state index in [1.807, 2.05) is 31.2 Å². The molecule has 0 spiro atoms. The average molecular weight is 322 g/mol. The van der Waals surface area contributed by atoms with Crippen molar-refractivity contribution in [2.45, 2.75) is 13.3 Å². The van der Waals surface area contributed by atoms with Crippen LogP contribution in [0, 0.1) is 0 Å². The van der Waals surface area contributed by atoms with Crippen LogP contribution in [-0.2, 0) is 6.42 Å². The molecule has 1 aromatic carbocycles. The van der Waals surface area contributed by atoms with Crippen LogP contribution in [0.25, 0.3) is 10.9 Å². The molecule has 1 N–H and O–H groups in total. The molecule has 6 heteroatoms. The van der Waals surface area contributed by atoms with Gasteiger partial charge in [-0.15, -0.1) is 0 Å². The van der Waals surface area contributed by atoms with Gasteiger partial charge < -0.3 is 9.88 Å². The van der Waals surface area contributed by atoms with Gasteiger partial charge in [-0.05, 0) is 37.1 Å². The van der Waals surface area contributed by atoms with Gasteiger partial charge in [-0.25, -0.2) is 4.79 Å². The summed E-state index contributed by atoms with van der Waals surface area (Å²) < 4.78 is 0. The van der Waals surface area contributed by atoms with E-state index in [9.17, 15) is 9.59 Å². The predicted octanol–water partition coefficient (Wildman–Crippen LogP) is 2.02. The first kappa shape index (κ1) is 15.9. The maximum Gasteiger partial charge on any atom is 0.346 e. The predicted molar refractivity (Wildman–Crippen MR) is 91.9 cm³/mol. The topological polar surface area (TPSA) is 79.0 Å². The number of nitrogens with one attached hydrogen (secondary N) is 1. The lowest BCUT2D eigenvalue weighted by Crippen LogP contribution is -2.34. The van der Waals surface area contributed by atoms with E-state index in [1.54, 1.807) is 29.4 Å². The van der Waals surface area contributed by atoms with E-state index in [-0.39, 0.29) is 11.6 Å². The summed E-state index contributed by atoms with van der Waals surface area (Å²) in [4.78, 5) is 36.9. The number of likely N-dealkylation sites (N-methyl/N-ethyl adjacent to an activating group) is 1. The molecule has 0 aliphatic carbocycles. The molecule has 0 saturated carbocycles. The van der Waals surface area contributed by atoms with Gasteiger partial charge in [0, 0.05) is 30.9 Å². The number of pyridine rings is 1. The molecule has 1 amide bonds. The first-order valence-electron chi connectivity index (χ1n) is 7.86. The van der Waals surface area contributed by atoms with Gasteiger partial charge in [-0.2, -0.15) is 4.98 Å². The lowest BCUT2D eigenvalue weighted by atomic mass is 10.1. The molecule has 2 aromatic heterocycles. The number of hydrogen-bond acceptors (Lipinski definition) is 4. The van der Waals surface area contributed by atoms with E-state index in [4.69, 9.17) is 0 Å². The van der Waals surface area contributed by atoms with E-state index >= 15 is 0 Å². The van der Waals surface area contributed by atoms with Gasteiger partial charge in [-0.3, -0.25) is 9.78 Å². The van der Waals surface area contributed by atoms with Crippen LogP contribution in [0.15, 0.2) is 53.6 Å². The zero-order valence-electron chi connectivity index (χ0n) is 13.4. The quantitative estimate of drug-likeness (QED) is 0.779. The first-order chi connectivity index (χ1) is 11.7. The Morgan fingerprint density at radius 1 is 1.17 bits per heavy atom. The van der Waals surface area contributed by atoms with Crippen molar-refractivity contribution in [2.75, 3.05) is 13.1 Å². The fraction of sp³-hybridized carbons (Fsp3) is 0.222. The Morgan fingerprint density at radius 2 is 1.92 bits per heavy atom. The maximum absolute atomic E-state index is 12.9. The third-order valence-corrected chi connectivity index (χ3v) is 3.93. The summed E-state index contributed by atoms with van der Waals surface area (Å²) in [6, 6.07) is 11.1. The van der Waals surface area contributed by atoms with E-state index in [1.165, 1.54) is 0 Å². The minimum atomic E-state index is -0.512. The zero-order valence-corrected chi connectivity index (χ0v) is 13.4. The number of amides is 1. The van der Waals surface area contributed by atoms with Crippen molar-refractivity contribution in [3.8, 4) is 0 Å². The van der Waals surface area contributed by atoms with Gasteiger partial charge >= 0.3 is 5.69 Å². The van der Waals surface area contributed by atoms with E-state index < -0.39 is 5.69 Å². The minimum absolute atomic E-state index is 0.200. The van der Waals surface area contributed by atoms with Crippen molar-refractivity contribution in [3.63, 3.8) is 0 Å². The molecule has 122 valence electrons. The van der Waals surface area contributed by atoms with E-state index in [0.29, 0.717) is 24.0 Å². The third kappa shape index (κ3) is 3.32.